The number of halogens is 1. The predicted octanol–water partition coefficient (Wildman–Crippen LogP) is 0.797. The lowest BCUT2D eigenvalue weighted by atomic mass is 10.2. The number of amides is 1. The van der Waals surface area contributed by atoms with Gasteiger partial charge in [-0.25, -0.2) is 0 Å². The fraction of sp³-hybridized carbons (Fsp3) is 0.364. The lowest BCUT2D eigenvalue weighted by Gasteiger charge is -2.11. The number of hydrogen-bond donors (Lipinski definition) is 1. The maximum Gasteiger partial charge on any atom is 0.320 e. The molecule has 0 radical (unpaired) electrons. The summed E-state index contributed by atoms with van der Waals surface area (Å²) in [5, 5.41) is 2.63. The Morgan fingerprint density at radius 1 is 1.50 bits per heavy atom. The van der Waals surface area contributed by atoms with Crippen LogP contribution in [0, 0.1) is 0 Å². The third-order valence-corrected chi connectivity index (χ3v) is 3.10. The Labute approximate surface area is 118 Å². The minimum atomic E-state index is -0.426. The number of esters is 1. The van der Waals surface area contributed by atoms with Gasteiger partial charge in [0.2, 0.25) is 0 Å². The average Bonchev–Trinajstić information content (AvgIpc) is 2.43. The fourth-order valence-corrected chi connectivity index (χ4v) is 1.69. The van der Waals surface area contributed by atoms with Crippen molar-refractivity contribution in [1.29, 1.82) is 0 Å². The number of nitrogens with zero attached hydrogens (tertiary/aromatic N) is 1. The largest absolute Gasteiger partial charge is 0.494 e. The number of hydrogen-bond acceptors (Lipinski definition) is 5. The van der Waals surface area contributed by atoms with Gasteiger partial charge in [0.25, 0.3) is 5.91 Å². The van der Waals surface area contributed by atoms with Crippen molar-refractivity contribution in [2.45, 2.75) is 3.92 Å². The van der Waals surface area contributed by atoms with Crippen LogP contribution in [0.3, 0.4) is 0 Å². The molecule has 1 rings (SSSR count). The van der Waals surface area contributed by atoms with Crippen LogP contribution in [0.4, 0.5) is 0 Å². The molecule has 0 aliphatic heterocycles. The topological polar surface area (TPSA) is 77.5 Å². The standard InChI is InChI=1S/C11H13IN2O4/c1-17-9-6-13-4-3-7(9)10(15)14-5-8(12)11(16)18-2/h3-4,6,8H,5H2,1-2H3,(H,14,15). The first-order valence-corrected chi connectivity index (χ1v) is 6.32. The van der Waals surface area contributed by atoms with Crippen LogP contribution >= 0.6 is 22.6 Å². The van der Waals surface area contributed by atoms with E-state index in [0.717, 1.165) is 0 Å². The second-order valence-corrected chi connectivity index (χ2v) is 4.78. The van der Waals surface area contributed by atoms with E-state index in [1.807, 2.05) is 22.6 Å². The predicted molar refractivity (Wildman–Crippen MR) is 72.9 cm³/mol. The summed E-state index contributed by atoms with van der Waals surface area (Å²) in [6, 6.07) is 1.55. The van der Waals surface area contributed by atoms with Crippen LogP contribution in [0.2, 0.25) is 0 Å². The molecule has 0 aliphatic carbocycles. The van der Waals surface area contributed by atoms with Gasteiger partial charge in [-0.3, -0.25) is 14.6 Å². The van der Waals surface area contributed by atoms with Crippen molar-refractivity contribution >= 4 is 34.5 Å². The van der Waals surface area contributed by atoms with Crippen LogP contribution in [0.1, 0.15) is 10.4 Å². The van der Waals surface area contributed by atoms with E-state index in [4.69, 9.17) is 4.74 Å². The van der Waals surface area contributed by atoms with Gasteiger partial charge < -0.3 is 14.8 Å². The summed E-state index contributed by atoms with van der Waals surface area (Å²) in [5.74, 6) is -0.310. The Morgan fingerprint density at radius 2 is 2.22 bits per heavy atom. The van der Waals surface area contributed by atoms with Crippen LogP contribution < -0.4 is 10.1 Å². The van der Waals surface area contributed by atoms with Crippen LogP contribution in [0.25, 0.3) is 0 Å². The van der Waals surface area contributed by atoms with Crippen molar-refractivity contribution in [2.24, 2.45) is 0 Å². The highest BCUT2D eigenvalue weighted by Crippen LogP contribution is 2.15. The van der Waals surface area contributed by atoms with Gasteiger partial charge in [-0.1, -0.05) is 22.6 Å². The summed E-state index contributed by atoms with van der Waals surface area (Å²) in [6.45, 7) is 0.192. The molecular weight excluding hydrogens is 351 g/mol. The molecule has 6 nitrogen and oxygen atoms in total. The summed E-state index contributed by atoms with van der Waals surface area (Å²) in [6.07, 6.45) is 2.95. The van der Waals surface area contributed by atoms with E-state index in [0.29, 0.717) is 11.3 Å². The number of ether oxygens (including phenoxy) is 2. The lowest BCUT2D eigenvalue weighted by molar-refractivity contribution is -0.139. The number of aromatic nitrogens is 1. The maximum absolute atomic E-state index is 11.9. The van der Waals surface area contributed by atoms with E-state index in [2.05, 4.69) is 15.0 Å². The van der Waals surface area contributed by atoms with Gasteiger partial charge in [-0.2, -0.15) is 0 Å². The van der Waals surface area contributed by atoms with Gasteiger partial charge in [0, 0.05) is 12.7 Å². The van der Waals surface area contributed by atoms with Crippen molar-refractivity contribution in [3.63, 3.8) is 0 Å². The molecule has 1 aromatic rings. The molecule has 1 atom stereocenters. The first-order chi connectivity index (χ1) is 8.60. The summed E-state index contributed by atoms with van der Waals surface area (Å²) in [7, 11) is 2.77. The van der Waals surface area contributed by atoms with Gasteiger partial charge in [-0.05, 0) is 6.07 Å². The van der Waals surface area contributed by atoms with E-state index < -0.39 is 3.92 Å². The SMILES string of the molecule is COC(=O)C(I)CNC(=O)c1ccncc1OC. The zero-order chi connectivity index (χ0) is 13.5. The molecule has 0 bridgehead atoms. The Kier molecular flexibility index (Phi) is 5.83. The van der Waals surface area contributed by atoms with Crippen molar-refractivity contribution < 1.29 is 19.1 Å². The monoisotopic (exact) mass is 364 g/mol. The van der Waals surface area contributed by atoms with E-state index in [9.17, 15) is 9.59 Å². The summed E-state index contributed by atoms with van der Waals surface area (Å²) in [4.78, 5) is 26.9. The van der Waals surface area contributed by atoms with E-state index in [1.165, 1.54) is 26.6 Å². The number of carbonyl (C=O) groups excluding carboxylic acids is 2. The molecule has 1 unspecified atom stereocenters. The summed E-state index contributed by atoms with van der Waals surface area (Å²) >= 11 is 1.91. The Balaban J connectivity index is 2.63. The second kappa shape index (κ2) is 7.14. The second-order valence-electron chi connectivity index (χ2n) is 3.28. The van der Waals surface area contributed by atoms with Crippen LogP contribution in [0.15, 0.2) is 18.5 Å². The fourth-order valence-electron chi connectivity index (χ4n) is 1.22. The van der Waals surface area contributed by atoms with Crippen LogP contribution in [-0.4, -0.2) is 41.5 Å². The number of pyridine rings is 1. The molecule has 1 N–H and O–H groups in total. The molecule has 0 aromatic carbocycles. The Morgan fingerprint density at radius 3 is 2.83 bits per heavy atom. The number of carbonyl (C=O) groups is 2. The molecule has 18 heavy (non-hydrogen) atoms. The highest BCUT2D eigenvalue weighted by atomic mass is 127. The minimum absolute atomic E-state index is 0.192. The zero-order valence-corrected chi connectivity index (χ0v) is 12.1. The number of nitrogens with one attached hydrogen (secondary N) is 1. The normalized spacial score (nSPS) is 11.5. The Bertz CT molecular complexity index is 439. The first-order valence-electron chi connectivity index (χ1n) is 5.08. The van der Waals surface area contributed by atoms with Crippen molar-refractivity contribution in [3.05, 3.63) is 24.0 Å². The lowest BCUT2D eigenvalue weighted by Crippen LogP contribution is -2.34. The molecule has 7 heteroatoms. The molecule has 0 saturated carbocycles. The minimum Gasteiger partial charge on any atom is -0.494 e. The summed E-state index contributed by atoms with van der Waals surface area (Å²) < 4.78 is 9.16. The molecule has 0 saturated heterocycles. The quantitative estimate of drug-likeness (QED) is 0.475. The van der Waals surface area contributed by atoms with Crippen molar-refractivity contribution in [2.75, 3.05) is 20.8 Å². The molecule has 1 amide bonds. The maximum atomic E-state index is 11.9. The van der Waals surface area contributed by atoms with E-state index in [1.54, 1.807) is 6.07 Å². The third kappa shape index (κ3) is 3.83. The Hall–Kier alpha value is -1.38. The average molecular weight is 364 g/mol. The van der Waals surface area contributed by atoms with E-state index in [-0.39, 0.29) is 18.4 Å². The van der Waals surface area contributed by atoms with Crippen LogP contribution in [0.5, 0.6) is 5.75 Å². The van der Waals surface area contributed by atoms with Gasteiger partial charge >= 0.3 is 5.97 Å². The highest BCUT2D eigenvalue weighted by Gasteiger charge is 2.18. The smallest absolute Gasteiger partial charge is 0.320 e. The van der Waals surface area contributed by atoms with Crippen molar-refractivity contribution in [1.82, 2.24) is 10.3 Å². The third-order valence-electron chi connectivity index (χ3n) is 2.15. The highest BCUT2D eigenvalue weighted by molar-refractivity contribution is 14.1. The van der Waals surface area contributed by atoms with Gasteiger partial charge in [0.15, 0.2) is 0 Å². The number of rotatable bonds is 5. The molecule has 0 fully saturated rings. The molecule has 0 spiro atoms. The van der Waals surface area contributed by atoms with Crippen molar-refractivity contribution in [3.8, 4) is 5.75 Å². The number of alkyl halides is 1. The molecule has 0 aliphatic rings. The summed E-state index contributed by atoms with van der Waals surface area (Å²) in [5.41, 5.74) is 0.376. The zero-order valence-electron chi connectivity index (χ0n) is 9.97. The van der Waals surface area contributed by atoms with E-state index >= 15 is 0 Å². The number of methoxy groups -OCH3 is 2. The van der Waals surface area contributed by atoms with Gasteiger partial charge in [0.05, 0.1) is 26.0 Å². The molecular formula is C11H13IN2O4. The van der Waals surface area contributed by atoms with Crippen LogP contribution in [-0.2, 0) is 9.53 Å². The first kappa shape index (κ1) is 14.7. The molecule has 1 heterocycles. The van der Waals surface area contributed by atoms with Gasteiger partial charge in [-0.15, -0.1) is 0 Å². The molecule has 98 valence electrons. The molecule has 1 aromatic heterocycles. The van der Waals surface area contributed by atoms with Gasteiger partial charge in [0.1, 0.15) is 9.67 Å².